The van der Waals surface area contributed by atoms with Crippen molar-refractivity contribution in [3.05, 3.63) is 0 Å². The Morgan fingerprint density at radius 3 is 2.43 bits per heavy atom. The molecule has 0 rings (SSSR count). The van der Waals surface area contributed by atoms with Gasteiger partial charge in [0.05, 0.1) is 7.44 Å². The van der Waals surface area contributed by atoms with E-state index in [1.165, 1.54) is 0 Å². The molecule has 0 saturated carbocycles. The molecular formula is C4H11BOSi. The maximum Gasteiger partial charge on any atom is 0.122 e. The van der Waals surface area contributed by atoms with Crippen LogP contribution in [0.25, 0.3) is 0 Å². The molecule has 0 aliphatic heterocycles. The molecule has 0 fully saturated rings. The van der Waals surface area contributed by atoms with Crippen molar-refractivity contribution in [3.8, 4) is 0 Å². The van der Waals surface area contributed by atoms with Crippen molar-refractivity contribution < 1.29 is 4.80 Å². The topological polar surface area (TPSA) is 20.2 Å². The normalized spacial score (nSPS) is 14.0. The van der Waals surface area contributed by atoms with E-state index in [-0.39, 0.29) is 0 Å². The van der Waals surface area contributed by atoms with Gasteiger partial charge in [-0.05, 0) is 6.04 Å². The summed E-state index contributed by atoms with van der Waals surface area (Å²) in [4.78, 5) is 8.60. The van der Waals surface area contributed by atoms with Gasteiger partial charge in [-0.25, -0.2) is 0 Å². The fourth-order valence-electron chi connectivity index (χ4n) is 0.413. The fraction of sp³-hybridized carbons (Fsp3) is 1.00. The van der Waals surface area contributed by atoms with Crippen molar-refractivity contribution in [2.24, 2.45) is 0 Å². The number of unbranched alkanes of at least 4 members (excludes halogenated alkanes) is 1. The zero-order valence-corrected chi connectivity index (χ0v) is 5.88. The van der Waals surface area contributed by atoms with E-state index in [0.717, 1.165) is 18.9 Å². The lowest BCUT2D eigenvalue weighted by molar-refractivity contribution is 0.586. The first-order valence-electron chi connectivity index (χ1n) is 2.71. The minimum atomic E-state index is -1.69. The summed E-state index contributed by atoms with van der Waals surface area (Å²) in [5, 5.41) is 0. The highest BCUT2D eigenvalue weighted by molar-refractivity contribution is 6.98. The van der Waals surface area contributed by atoms with Gasteiger partial charge in [-0.3, -0.25) is 0 Å². The van der Waals surface area contributed by atoms with Crippen LogP contribution in [0.2, 0.25) is 6.04 Å². The maximum absolute atomic E-state index is 8.60. The molecule has 0 aliphatic carbocycles. The van der Waals surface area contributed by atoms with Gasteiger partial charge in [0, 0.05) is 0 Å². The van der Waals surface area contributed by atoms with Crippen LogP contribution in [-0.2, 0) is 0 Å². The van der Waals surface area contributed by atoms with Crippen LogP contribution in [0.1, 0.15) is 19.8 Å². The Bertz CT molecular complexity index is 40.7. The second-order valence-electron chi connectivity index (χ2n) is 1.71. The molecule has 0 aliphatic rings. The third-order valence-electron chi connectivity index (χ3n) is 0.853. The molecule has 1 atom stereocenters. The smallest absolute Gasteiger partial charge is 0.122 e. The predicted molar refractivity (Wildman–Crippen MR) is 34.8 cm³/mol. The monoisotopic (exact) mass is 114 g/mol. The van der Waals surface area contributed by atoms with Gasteiger partial charge in [-0.1, -0.05) is 19.8 Å². The Morgan fingerprint density at radius 1 is 1.71 bits per heavy atom. The summed E-state index contributed by atoms with van der Waals surface area (Å²) in [5.74, 6) is 0. The SMILES string of the molecule is [B][SiH](O)CCCC. The van der Waals surface area contributed by atoms with E-state index in [1.807, 2.05) is 0 Å². The molecule has 0 bridgehead atoms. The third kappa shape index (κ3) is 6.24. The Morgan fingerprint density at radius 2 is 2.29 bits per heavy atom. The molecule has 3 heteroatoms. The Balaban J connectivity index is 2.68. The fourth-order valence-corrected chi connectivity index (χ4v) is 1.24. The average Bonchev–Trinajstić information content (AvgIpc) is 1.61. The number of rotatable bonds is 3. The van der Waals surface area contributed by atoms with Crippen molar-refractivity contribution in [2.45, 2.75) is 25.8 Å². The second-order valence-corrected chi connectivity index (χ2v) is 3.42. The van der Waals surface area contributed by atoms with Gasteiger partial charge in [0.1, 0.15) is 8.91 Å². The largest absolute Gasteiger partial charge is 0.444 e. The summed E-state index contributed by atoms with van der Waals surface area (Å²) in [7, 11) is 3.48. The molecule has 0 spiro atoms. The average molecular weight is 114 g/mol. The van der Waals surface area contributed by atoms with E-state index < -0.39 is 8.91 Å². The third-order valence-corrected chi connectivity index (χ3v) is 1.85. The molecule has 40 valence electrons. The number of hydrogen-bond acceptors (Lipinski definition) is 1. The van der Waals surface area contributed by atoms with Gasteiger partial charge < -0.3 is 4.80 Å². The lowest BCUT2D eigenvalue weighted by Gasteiger charge is -1.96. The maximum atomic E-state index is 8.60. The van der Waals surface area contributed by atoms with Crippen molar-refractivity contribution in [3.63, 3.8) is 0 Å². The highest BCUT2D eigenvalue weighted by Crippen LogP contribution is 1.94. The predicted octanol–water partition coefficient (Wildman–Crippen LogP) is 0.168. The van der Waals surface area contributed by atoms with E-state index in [9.17, 15) is 0 Å². The van der Waals surface area contributed by atoms with Gasteiger partial charge in [0.2, 0.25) is 0 Å². The van der Waals surface area contributed by atoms with Gasteiger partial charge in [-0.15, -0.1) is 0 Å². The van der Waals surface area contributed by atoms with E-state index >= 15 is 0 Å². The molecule has 0 amide bonds. The molecule has 1 unspecified atom stereocenters. The van der Waals surface area contributed by atoms with Gasteiger partial charge in [0.15, 0.2) is 0 Å². The van der Waals surface area contributed by atoms with Crippen molar-refractivity contribution >= 4 is 16.3 Å². The minimum Gasteiger partial charge on any atom is -0.444 e. The Labute approximate surface area is 47.8 Å². The molecule has 0 aromatic rings. The first-order valence-corrected chi connectivity index (χ1v) is 4.71. The minimum absolute atomic E-state index is 0.872. The van der Waals surface area contributed by atoms with Crippen LogP contribution in [-0.4, -0.2) is 21.1 Å². The van der Waals surface area contributed by atoms with Crippen molar-refractivity contribution in [1.82, 2.24) is 0 Å². The molecule has 0 heterocycles. The van der Waals surface area contributed by atoms with Crippen molar-refractivity contribution in [1.29, 1.82) is 0 Å². The standard InChI is InChI=1S/C4H11BOSi/c1-2-3-4-7(5)6/h6-7H,2-4H2,1H3. The van der Waals surface area contributed by atoms with Gasteiger partial charge in [-0.2, -0.15) is 0 Å². The van der Waals surface area contributed by atoms with Crippen molar-refractivity contribution in [2.75, 3.05) is 0 Å². The second kappa shape index (κ2) is 4.40. The molecular weight excluding hydrogens is 103 g/mol. The van der Waals surface area contributed by atoms with Crippen LogP contribution in [0.4, 0.5) is 0 Å². The van der Waals surface area contributed by atoms with E-state index in [2.05, 4.69) is 6.92 Å². The van der Waals surface area contributed by atoms with Crippen LogP contribution in [0.15, 0.2) is 0 Å². The molecule has 0 saturated heterocycles. The van der Waals surface area contributed by atoms with E-state index in [0.29, 0.717) is 0 Å². The first-order chi connectivity index (χ1) is 3.27. The highest BCUT2D eigenvalue weighted by Gasteiger charge is 1.93. The molecule has 2 radical (unpaired) electrons. The summed E-state index contributed by atoms with van der Waals surface area (Å²) in [5.41, 5.74) is 0. The lowest BCUT2D eigenvalue weighted by Crippen LogP contribution is -2.10. The Kier molecular flexibility index (Phi) is 4.55. The molecule has 0 aromatic carbocycles. The summed E-state index contributed by atoms with van der Waals surface area (Å²) < 4.78 is 0. The zero-order valence-electron chi connectivity index (χ0n) is 4.72. The van der Waals surface area contributed by atoms with Gasteiger partial charge in [0.25, 0.3) is 0 Å². The summed E-state index contributed by atoms with van der Waals surface area (Å²) in [6, 6.07) is 0.872. The highest BCUT2D eigenvalue weighted by atomic mass is 28.3. The molecule has 1 nitrogen and oxygen atoms in total. The Hall–Kier alpha value is 0.242. The quantitative estimate of drug-likeness (QED) is 0.518. The molecule has 7 heavy (non-hydrogen) atoms. The van der Waals surface area contributed by atoms with Gasteiger partial charge >= 0.3 is 0 Å². The molecule has 0 aromatic heterocycles. The first kappa shape index (κ1) is 7.24. The van der Waals surface area contributed by atoms with Crippen LogP contribution in [0.5, 0.6) is 0 Å². The van der Waals surface area contributed by atoms with E-state index in [1.54, 1.807) is 0 Å². The van der Waals surface area contributed by atoms with E-state index in [4.69, 9.17) is 12.2 Å². The zero-order chi connectivity index (χ0) is 5.70. The van der Waals surface area contributed by atoms with Crippen LogP contribution in [0.3, 0.4) is 0 Å². The summed E-state index contributed by atoms with van der Waals surface area (Å²) in [6.07, 6.45) is 2.23. The van der Waals surface area contributed by atoms with Crippen LogP contribution >= 0.6 is 0 Å². The van der Waals surface area contributed by atoms with Crippen LogP contribution < -0.4 is 0 Å². The lowest BCUT2D eigenvalue weighted by atomic mass is 10.4. The number of hydrogen-bond donors (Lipinski definition) is 1. The molecule has 1 N–H and O–H groups in total. The summed E-state index contributed by atoms with van der Waals surface area (Å²) in [6.45, 7) is 2.09. The summed E-state index contributed by atoms with van der Waals surface area (Å²) >= 11 is 0. The van der Waals surface area contributed by atoms with Crippen LogP contribution in [0, 0.1) is 0 Å².